The summed E-state index contributed by atoms with van der Waals surface area (Å²) < 4.78 is 0. The Hall–Kier alpha value is -0.520. The average molecular weight is 204 g/mol. The van der Waals surface area contributed by atoms with Gasteiger partial charge in [-0.1, -0.05) is 32.4 Å². The van der Waals surface area contributed by atoms with Crippen molar-refractivity contribution in [3.63, 3.8) is 0 Å². The van der Waals surface area contributed by atoms with Crippen LogP contribution in [0.2, 0.25) is 0 Å². The number of allylic oxidation sites excluding steroid dienone is 4. The Labute approximate surface area is 94.5 Å². The summed E-state index contributed by atoms with van der Waals surface area (Å²) in [6.45, 7) is 11.8. The summed E-state index contributed by atoms with van der Waals surface area (Å²) in [6, 6.07) is 0. The normalized spacial score (nSPS) is 33.7. The van der Waals surface area contributed by atoms with Gasteiger partial charge in [-0.15, -0.1) is 0 Å². The lowest BCUT2D eigenvalue weighted by molar-refractivity contribution is 0.228. The van der Waals surface area contributed by atoms with E-state index in [-0.39, 0.29) is 0 Å². The maximum atomic E-state index is 2.51. The fourth-order valence-electron chi connectivity index (χ4n) is 3.31. The predicted molar refractivity (Wildman–Crippen MR) is 66.7 cm³/mol. The molecule has 0 heteroatoms. The monoisotopic (exact) mass is 204 g/mol. The van der Waals surface area contributed by atoms with Crippen molar-refractivity contribution in [2.24, 2.45) is 17.3 Å². The van der Waals surface area contributed by atoms with Gasteiger partial charge >= 0.3 is 0 Å². The first-order valence-electron chi connectivity index (χ1n) is 6.27. The zero-order chi connectivity index (χ0) is 11.2. The third-order valence-electron chi connectivity index (χ3n) is 4.18. The van der Waals surface area contributed by atoms with Gasteiger partial charge in [-0.3, -0.25) is 0 Å². The van der Waals surface area contributed by atoms with Crippen molar-refractivity contribution in [3.05, 3.63) is 22.8 Å². The third kappa shape index (κ3) is 1.91. The Morgan fingerprint density at radius 3 is 2.60 bits per heavy atom. The highest BCUT2D eigenvalue weighted by molar-refractivity contribution is 5.41. The van der Waals surface area contributed by atoms with Crippen molar-refractivity contribution in [3.8, 4) is 0 Å². The van der Waals surface area contributed by atoms with E-state index in [9.17, 15) is 0 Å². The Bertz CT molecular complexity index is 324. The lowest BCUT2D eigenvalue weighted by atomic mass is 9.65. The molecular formula is C15H24. The second kappa shape index (κ2) is 3.50. The van der Waals surface area contributed by atoms with Gasteiger partial charge in [0, 0.05) is 0 Å². The second-order valence-electron chi connectivity index (χ2n) is 6.50. The molecule has 15 heavy (non-hydrogen) atoms. The molecule has 2 aliphatic carbocycles. The fraction of sp³-hybridized carbons (Fsp3) is 0.733. The van der Waals surface area contributed by atoms with E-state index < -0.39 is 0 Å². The first kappa shape index (κ1) is 11.0. The minimum absolute atomic E-state index is 0.507. The van der Waals surface area contributed by atoms with Gasteiger partial charge in [0.25, 0.3) is 0 Å². The number of hydrogen-bond donors (Lipinski definition) is 0. The Balaban J connectivity index is 2.38. The lowest BCUT2D eigenvalue weighted by Gasteiger charge is -2.39. The molecular weight excluding hydrogens is 180 g/mol. The highest BCUT2D eigenvalue weighted by Gasteiger charge is 2.39. The summed E-state index contributed by atoms with van der Waals surface area (Å²) in [5, 5.41) is 0. The zero-order valence-corrected chi connectivity index (χ0v) is 10.9. The van der Waals surface area contributed by atoms with E-state index in [2.05, 4.69) is 40.7 Å². The zero-order valence-electron chi connectivity index (χ0n) is 10.9. The topological polar surface area (TPSA) is 0 Å². The average Bonchev–Trinajstić information content (AvgIpc) is 2.45. The molecule has 0 N–H and O–H groups in total. The van der Waals surface area contributed by atoms with Crippen molar-refractivity contribution in [2.45, 2.75) is 53.9 Å². The van der Waals surface area contributed by atoms with Crippen molar-refractivity contribution >= 4 is 0 Å². The van der Waals surface area contributed by atoms with Crippen LogP contribution in [0.3, 0.4) is 0 Å². The number of fused-ring (bicyclic) bond motifs is 1. The van der Waals surface area contributed by atoms with E-state index in [1.165, 1.54) is 24.8 Å². The Morgan fingerprint density at radius 1 is 1.33 bits per heavy atom. The van der Waals surface area contributed by atoms with Gasteiger partial charge in [0.15, 0.2) is 0 Å². The summed E-state index contributed by atoms with van der Waals surface area (Å²) in [7, 11) is 0. The molecule has 2 rings (SSSR count). The SMILES string of the molecule is CC(C)=C1CC(C)(C)C[C@H]2C1=CC[C@@H]2C. The predicted octanol–water partition coefficient (Wildman–Crippen LogP) is 4.73. The number of rotatable bonds is 0. The van der Waals surface area contributed by atoms with Crippen LogP contribution in [0.15, 0.2) is 22.8 Å². The molecule has 0 spiro atoms. The first-order chi connectivity index (χ1) is 6.91. The smallest absolute Gasteiger partial charge is 0.0129 e. The second-order valence-corrected chi connectivity index (χ2v) is 6.50. The third-order valence-corrected chi connectivity index (χ3v) is 4.18. The van der Waals surface area contributed by atoms with E-state index in [1.807, 2.05) is 0 Å². The van der Waals surface area contributed by atoms with Crippen LogP contribution in [0.4, 0.5) is 0 Å². The summed E-state index contributed by atoms with van der Waals surface area (Å²) >= 11 is 0. The van der Waals surface area contributed by atoms with Gasteiger partial charge in [-0.05, 0) is 61.5 Å². The van der Waals surface area contributed by atoms with Crippen LogP contribution in [0.1, 0.15) is 53.9 Å². The molecule has 0 amide bonds. The molecule has 0 aromatic rings. The van der Waals surface area contributed by atoms with E-state index in [0.717, 1.165) is 11.8 Å². The van der Waals surface area contributed by atoms with Gasteiger partial charge in [0.2, 0.25) is 0 Å². The molecule has 0 saturated heterocycles. The molecule has 84 valence electrons. The molecule has 0 aromatic carbocycles. The van der Waals surface area contributed by atoms with Gasteiger partial charge < -0.3 is 0 Å². The fourth-order valence-corrected chi connectivity index (χ4v) is 3.31. The molecule has 0 radical (unpaired) electrons. The van der Waals surface area contributed by atoms with Crippen molar-refractivity contribution in [1.29, 1.82) is 0 Å². The summed E-state index contributed by atoms with van der Waals surface area (Å²) in [4.78, 5) is 0. The van der Waals surface area contributed by atoms with Gasteiger partial charge in [0.1, 0.15) is 0 Å². The van der Waals surface area contributed by atoms with Crippen LogP contribution < -0.4 is 0 Å². The molecule has 2 aliphatic rings. The molecule has 1 saturated carbocycles. The van der Waals surface area contributed by atoms with E-state index in [1.54, 1.807) is 11.1 Å². The van der Waals surface area contributed by atoms with E-state index in [4.69, 9.17) is 0 Å². The van der Waals surface area contributed by atoms with Crippen LogP contribution in [0.5, 0.6) is 0 Å². The lowest BCUT2D eigenvalue weighted by Crippen LogP contribution is -2.27. The molecule has 0 bridgehead atoms. The van der Waals surface area contributed by atoms with Crippen molar-refractivity contribution in [2.75, 3.05) is 0 Å². The maximum absolute atomic E-state index is 2.51. The quantitative estimate of drug-likeness (QED) is 0.535. The molecule has 0 aliphatic heterocycles. The Kier molecular flexibility index (Phi) is 2.56. The number of hydrogen-bond acceptors (Lipinski definition) is 0. The van der Waals surface area contributed by atoms with Crippen LogP contribution in [-0.2, 0) is 0 Å². The molecule has 0 heterocycles. The molecule has 2 atom stereocenters. The standard InChI is InChI=1S/C15H24/c1-10(2)13-8-15(4,5)9-14-11(3)6-7-12(13)14/h7,11,14H,6,8-9H2,1-5H3/t11-,14+/m0/s1. The van der Waals surface area contributed by atoms with Gasteiger partial charge in [0.05, 0.1) is 0 Å². The van der Waals surface area contributed by atoms with E-state index >= 15 is 0 Å². The minimum atomic E-state index is 0.507. The first-order valence-corrected chi connectivity index (χ1v) is 6.27. The highest BCUT2D eigenvalue weighted by Crippen LogP contribution is 2.51. The van der Waals surface area contributed by atoms with E-state index in [0.29, 0.717) is 5.41 Å². The molecule has 0 nitrogen and oxygen atoms in total. The minimum Gasteiger partial charge on any atom is -0.0805 e. The maximum Gasteiger partial charge on any atom is -0.0129 e. The largest absolute Gasteiger partial charge is 0.0805 e. The van der Waals surface area contributed by atoms with Gasteiger partial charge in [-0.25, -0.2) is 0 Å². The summed E-state index contributed by atoms with van der Waals surface area (Å²) in [6.07, 6.45) is 6.47. The van der Waals surface area contributed by atoms with Crippen LogP contribution in [0, 0.1) is 17.3 Å². The molecule has 0 aromatic heterocycles. The Morgan fingerprint density at radius 2 is 2.00 bits per heavy atom. The van der Waals surface area contributed by atoms with Crippen LogP contribution in [0.25, 0.3) is 0 Å². The highest BCUT2D eigenvalue weighted by atomic mass is 14.4. The van der Waals surface area contributed by atoms with Crippen LogP contribution >= 0.6 is 0 Å². The molecule has 1 fully saturated rings. The van der Waals surface area contributed by atoms with Gasteiger partial charge in [-0.2, -0.15) is 0 Å². The molecule has 0 unspecified atom stereocenters. The summed E-state index contributed by atoms with van der Waals surface area (Å²) in [5.41, 5.74) is 5.41. The van der Waals surface area contributed by atoms with Crippen molar-refractivity contribution < 1.29 is 0 Å². The summed E-state index contributed by atoms with van der Waals surface area (Å²) in [5.74, 6) is 1.72. The van der Waals surface area contributed by atoms with Crippen molar-refractivity contribution in [1.82, 2.24) is 0 Å². The van der Waals surface area contributed by atoms with Crippen LogP contribution in [-0.4, -0.2) is 0 Å².